The zero-order chi connectivity index (χ0) is 16.4. The summed E-state index contributed by atoms with van der Waals surface area (Å²) in [4.78, 5) is 0. The molecule has 0 spiro atoms. The molecule has 0 N–H and O–H groups in total. The normalized spacial score (nSPS) is 11.1. The summed E-state index contributed by atoms with van der Waals surface area (Å²) >= 11 is 4.97. The first-order valence-corrected chi connectivity index (χ1v) is 8.92. The number of halogens is 2. The van der Waals surface area contributed by atoms with Crippen molar-refractivity contribution in [1.82, 2.24) is 14.8 Å². The first kappa shape index (κ1) is 16.3. The third kappa shape index (κ3) is 3.35. The van der Waals surface area contributed by atoms with Crippen LogP contribution < -0.4 is 0 Å². The molecule has 7 heteroatoms. The van der Waals surface area contributed by atoms with Crippen LogP contribution >= 0.6 is 27.7 Å². The highest BCUT2D eigenvalue weighted by atomic mass is 79.9. The maximum absolute atomic E-state index is 13.2. The highest BCUT2D eigenvalue weighted by molar-refractivity contribution is 9.10. The van der Waals surface area contributed by atoms with Crippen molar-refractivity contribution in [2.75, 3.05) is 0 Å². The topological polar surface area (TPSA) is 43.9 Å². The number of hydrogen-bond donors (Lipinski definition) is 0. The quantitative estimate of drug-likeness (QED) is 0.566. The predicted molar refractivity (Wildman–Crippen MR) is 91.8 cm³/mol. The number of thioether (sulfide) groups is 1. The van der Waals surface area contributed by atoms with Gasteiger partial charge in [0, 0.05) is 16.8 Å². The molecule has 0 atom stereocenters. The van der Waals surface area contributed by atoms with E-state index in [0.717, 1.165) is 38.9 Å². The fraction of sp³-hybridized carbons (Fsp3) is 0.250. The molecular weight excluding hydrogens is 381 g/mol. The highest BCUT2D eigenvalue weighted by Crippen LogP contribution is 2.30. The van der Waals surface area contributed by atoms with Gasteiger partial charge < -0.3 is 8.98 Å². The molecule has 120 valence electrons. The summed E-state index contributed by atoms with van der Waals surface area (Å²) in [6.07, 6.45) is 1.65. The van der Waals surface area contributed by atoms with Crippen molar-refractivity contribution < 1.29 is 8.81 Å². The Morgan fingerprint density at radius 1 is 1.30 bits per heavy atom. The van der Waals surface area contributed by atoms with Crippen molar-refractivity contribution in [2.45, 2.75) is 31.3 Å². The Hall–Kier alpha value is -1.60. The molecule has 3 rings (SSSR count). The maximum Gasteiger partial charge on any atom is 0.191 e. The van der Waals surface area contributed by atoms with Crippen LogP contribution in [0.5, 0.6) is 0 Å². The van der Waals surface area contributed by atoms with E-state index in [1.807, 2.05) is 13.0 Å². The van der Waals surface area contributed by atoms with Gasteiger partial charge >= 0.3 is 0 Å². The molecule has 0 amide bonds. The summed E-state index contributed by atoms with van der Waals surface area (Å²) in [5, 5.41) is 9.42. The molecule has 0 radical (unpaired) electrons. The summed E-state index contributed by atoms with van der Waals surface area (Å²) < 4.78 is 21.3. The van der Waals surface area contributed by atoms with Crippen LogP contribution in [0.2, 0.25) is 0 Å². The smallest absolute Gasteiger partial charge is 0.191 e. The van der Waals surface area contributed by atoms with Gasteiger partial charge in [0.2, 0.25) is 0 Å². The van der Waals surface area contributed by atoms with Crippen molar-refractivity contribution in [1.29, 1.82) is 0 Å². The van der Waals surface area contributed by atoms with Crippen LogP contribution in [0.4, 0.5) is 4.39 Å². The van der Waals surface area contributed by atoms with Gasteiger partial charge in [0.15, 0.2) is 11.0 Å². The number of hydrogen-bond acceptors (Lipinski definition) is 4. The van der Waals surface area contributed by atoms with Gasteiger partial charge in [0.1, 0.15) is 11.6 Å². The van der Waals surface area contributed by atoms with Gasteiger partial charge in [-0.05, 0) is 37.6 Å². The third-order valence-corrected chi connectivity index (χ3v) is 5.26. The molecule has 1 aromatic carbocycles. The monoisotopic (exact) mass is 395 g/mol. The molecule has 4 nitrogen and oxygen atoms in total. The predicted octanol–water partition coefficient (Wildman–Crippen LogP) is 5.06. The largest absolute Gasteiger partial charge is 0.469 e. The molecule has 0 aliphatic heterocycles. The number of aromatic nitrogens is 3. The first-order chi connectivity index (χ1) is 11.1. The molecule has 0 fully saturated rings. The van der Waals surface area contributed by atoms with Gasteiger partial charge in [-0.2, -0.15) is 0 Å². The molecule has 0 aliphatic carbocycles. The fourth-order valence-corrected chi connectivity index (χ4v) is 3.96. The van der Waals surface area contributed by atoms with Gasteiger partial charge in [-0.3, -0.25) is 0 Å². The Morgan fingerprint density at radius 3 is 2.78 bits per heavy atom. The second-order valence-corrected chi connectivity index (χ2v) is 6.76. The molecule has 0 bridgehead atoms. The van der Waals surface area contributed by atoms with E-state index in [1.54, 1.807) is 24.1 Å². The molecule has 0 unspecified atom stereocenters. The number of aryl methyl sites for hydroxylation is 1. The lowest BCUT2D eigenvalue weighted by molar-refractivity contribution is 0.534. The van der Waals surface area contributed by atoms with Crippen molar-refractivity contribution in [3.8, 4) is 11.4 Å². The van der Waals surface area contributed by atoms with E-state index >= 15 is 0 Å². The van der Waals surface area contributed by atoms with Crippen LogP contribution in [0.3, 0.4) is 0 Å². The van der Waals surface area contributed by atoms with Crippen LogP contribution in [-0.2, 0) is 12.3 Å². The molecule has 0 aliphatic rings. The summed E-state index contributed by atoms with van der Waals surface area (Å²) in [5.74, 6) is 2.06. The minimum absolute atomic E-state index is 0.250. The lowest BCUT2D eigenvalue weighted by Crippen LogP contribution is -2.00. The average molecular weight is 396 g/mol. The summed E-state index contributed by atoms with van der Waals surface area (Å²) in [7, 11) is 0. The van der Waals surface area contributed by atoms with E-state index in [2.05, 4.69) is 37.6 Å². The van der Waals surface area contributed by atoms with Crippen LogP contribution in [0.1, 0.15) is 18.2 Å². The van der Waals surface area contributed by atoms with E-state index in [0.29, 0.717) is 5.75 Å². The first-order valence-electron chi connectivity index (χ1n) is 7.14. The van der Waals surface area contributed by atoms with Crippen LogP contribution in [-0.4, -0.2) is 14.8 Å². The van der Waals surface area contributed by atoms with Crippen LogP contribution in [0.25, 0.3) is 11.4 Å². The van der Waals surface area contributed by atoms with E-state index in [-0.39, 0.29) is 5.82 Å². The number of nitrogens with zero attached hydrogens (tertiary/aromatic N) is 3. The molecule has 2 heterocycles. The number of furan rings is 1. The van der Waals surface area contributed by atoms with E-state index in [1.165, 1.54) is 12.1 Å². The Morgan fingerprint density at radius 2 is 2.13 bits per heavy atom. The minimum atomic E-state index is -0.250. The van der Waals surface area contributed by atoms with Crippen molar-refractivity contribution in [3.05, 3.63) is 52.1 Å². The van der Waals surface area contributed by atoms with Crippen LogP contribution in [0.15, 0.2) is 44.6 Å². The Labute approximate surface area is 146 Å². The molecule has 0 saturated carbocycles. The van der Waals surface area contributed by atoms with Gasteiger partial charge in [-0.15, -0.1) is 10.2 Å². The van der Waals surface area contributed by atoms with E-state index < -0.39 is 0 Å². The van der Waals surface area contributed by atoms with Crippen molar-refractivity contribution >= 4 is 27.7 Å². The standard InChI is InChI=1S/C16H15BrFN3OS/c1-3-21-15(13-6-7-22-10(13)2)19-20-16(21)23-9-11-4-5-12(18)8-14(11)17/h4-8H,3,9H2,1-2H3. The fourth-order valence-electron chi connectivity index (χ4n) is 2.28. The Bertz CT molecular complexity index is 831. The lowest BCUT2D eigenvalue weighted by Gasteiger charge is -2.07. The maximum atomic E-state index is 13.2. The Balaban J connectivity index is 1.84. The van der Waals surface area contributed by atoms with Gasteiger partial charge in [0.25, 0.3) is 0 Å². The molecular formula is C16H15BrFN3OS. The average Bonchev–Trinajstić information content (AvgIpc) is 3.11. The molecule has 23 heavy (non-hydrogen) atoms. The third-order valence-electron chi connectivity index (χ3n) is 3.50. The summed E-state index contributed by atoms with van der Waals surface area (Å²) in [6.45, 7) is 4.73. The van der Waals surface area contributed by atoms with E-state index in [4.69, 9.17) is 4.42 Å². The number of benzene rings is 1. The molecule has 3 aromatic rings. The summed E-state index contributed by atoms with van der Waals surface area (Å²) in [5.41, 5.74) is 1.97. The zero-order valence-corrected chi connectivity index (χ0v) is 15.1. The lowest BCUT2D eigenvalue weighted by atomic mass is 10.2. The second kappa shape index (κ2) is 6.88. The molecule has 2 aromatic heterocycles. The van der Waals surface area contributed by atoms with Gasteiger partial charge in [0.05, 0.1) is 11.8 Å². The number of rotatable bonds is 5. The zero-order valence-electron chi connectivity index (χ0n) is 12.7. The highest BCUT2D eigenvalue weighted by Gasteiger charge is 2.16. The second-order valence-electron chi connectivity index (χ2n) is 4.97. The van der Waals surface area contributed by atoms with Gasteiger partial charge in [-0.25, -0.2) is 4.39 Å². The molecule has 0 saturated heterocycles. The van der Waals surface area contributed by atoms with Gasteiger partial charge in [-0.1, -0.05) is 33.8 Å². The van der Waals surface area contributed by atoms with E-state index in [9.17, 15) is 4.39 Å². The Kier molecular flexibility index (Phi) is 4.87. The van der Waals surface area contributed by atoms with Crippen molar-refractivity contribution in [2.24, 2.45) is 0 Å². The minimum Gasteiger partial charge on any atom is -0.469 e. The van der Waals surface area contributed by atoms with Crippen molar-refractivity contribution in [3.63, 3.8) is 0 Å². The van der Waals surface area contributed by atoms with Crippen LogP contribution in [0, 0.1) is 12.7 Å². The SMILES string of the molecule is CCn1c(SCc2ccc(F)cc2Br)nnc1-c1ccoc1C. The summed E-state index contributed by atoms with van der Waals surface area (Å²) in [6, 6.07) is 6.61.